The number of hydrogen-bond donors (Lipinski definition) is 0. The van der Waals surface area contributed by atoms with Crippen molar-refractivity contribution in [2.45, 2.75) is 13.8 Å². The molecule has 0 N–H and O–H groups in total. The molecule has 1 rings (SSSR count). The van der Waals surface area contributed by atoms with Gasteiger partial charge in [0.15, 0.2) is 0 Å². The van der Waals surface area contributed by atoms with Crippen LogP contribution in [0.1, 0.15) is 12.6 Å². The lowest BCUT2D eigenvalue weighted by Gasteiger charge is -2.03. The van der Waals surface area contributed by atoms with Crippen LogP contribution in [0.25, 0.3) is 0 Å². The lowest BCUT2D eigenvalue weighted by molar-refractivity contribution is 0.108. The molecule has 0 radical (unpaired) electrons. The predicted octanol–water partition coefficient (Wildman–Crippen LogP) is 1.20. The average Bonchev–Trinajstić information content (AvgIpc) is 2.15. The van der Waals surface area contributed by atoms with Crippen molar-refractivity contribution in [3.63, 3.8) is 0 Å². The van der Waals surface area contributed by atoms with Gasteiger partial charge in [0.2, 0.25) is 5.88 Å². The summed E-state index contributed by atoms with van der Waals surface area (Å²) in [5.74, 6) is 0.547. The van der Waals surface area contributed by atoms with Crippen LogP contribution in [-0.2, 0) is 4.74 Å². The number of rotatable bonds is 5. The van der Waals surface area contributed by atoms with E-state index < -0.39 is 0 Å². The second-order valence-corrected chi connectivity index (χ2v) is 2.56. The van der Waals surface area contributed by atoms with Crippen LogP contribution < -0.4 is 4.74 Å². The van der Waals surface area contributed by atoms with Crippen molar-refractivity contribution in [3.05, 3.63) is 17.8 Å². The van der Waals surface area contributed by atoms with Gasteiger partial charge >= 0.3 is 0 Å². The molecule has 0 aliphatic rings. The molecule has 4 heteroatoms. The van der Waals surface area contributed by atoms with Gasteiger partial charge in [-0.25, -0.2) is 0 Å². The zero-order chi connectivity index (χ0) is 9.52. The van der Waals surface area contributed by atoms with Crippen LogP contribution in [-0.4, -0.2) is 30.0 Å². The number of nitrogens with zero attached hydrogens (tertiary/aromatic N) is 2. The van der Waals surface area contributed by atoms with Crippen LogP contribution >= 0.6 is 0 Å². The number of hydrogen-bond acceptors (Lipinski definition) is 4. The second kappa shape index (κ2) is 5.48. The Hall–Kier alpha value is -1.16. The van der Waals surface area contributed by atoms with Crippen molar-refractivity contribution >= 4 is 0 Å². The quantitative estimate of drug-likeness (QED) is 0.642. The molecule has 1 aromatic rings. The lowest BCUT2D eigenvalue weighted by atomic mass is 10.4. The third-order valence-electron chi connectivity index (χ3n) is 1.46. The summed E-state index contributed by atoms with van der Waals surface area (Å²) in [6.45, 7) is 5.66. The van der Waals surface area contributed by atoms with Crippen molar-refractivity contribution in [1.29, 1.82) is 0 Å². The summed E-state index contributed by atoms with van der Waals surface area (Å²) in [5, 5.41) is 7.71. The first kappa shape index (κ1) is 9.92. The first-order valence-corrected chi connectivity index (χ1v) is 4.34. The van der Waals surface area contributed by atoms with Gasteiger partial charge < -0.3 is 9.47 Å². The minimum absolute atomic E-state index is 0.519. The van der Waals surface area contributed by atoms with Crippen LogP contribution in [0.4, 0.5) is 0 Å². The maximum atomic E-state index is 5.26. The van der Waals surface area contributed by atoms with E-state index in [4.69, 9.17) is 9.47 Å². The number of aromatic nitrogens is 2. The Morgan fingerprint density at radius 2 is 2.08 bits per heavy atom. The first-order valence-electron chi connectivity index (χ1n) is 4.34. The molecule has 0 unspecified atom stereocenters. The Morgan fingerprint density at radius 3 is 2.69 bits per heavy atom. The summed E-state index contributed by atoms with van der Waals surface area (Å²) < 4.78 is 10.4. The third kappa shape index (κ3) is 3.85. The highest BCUT2D eigenvalue weighted by atomic mass is 16.5. The summed E-state index contributed by atoms with van der Waals surface area (Å²) in [5.41, 5.74) is 0.886. The molecule has 0 spiro atoms. The summed E-state index contributed by atoms with van der Waals surface area (Å²) in [6, 6.07) is 3.66. The SMILES string of the molecule is CCOCCOc1ccc(C)nn1. The van der Waals surface area contributed by atoms with E-state index in [0.717, 1.165) is 5.69 Å². The van der Waals surface area contributed by atoms with Gasteiger partial charge in [0.25, 0.3) is 0 Å². The fourth-order valence-electron chi connectivity index (χ4n) is 0.813. The second-order valence-electron chi connectivity index (χ2n) is 2.56. The fourth-order valence-corrected chi connectivity index (χ4v) is 0.813. The van der Waals surface area contributed by atoms with E-state index in [1.54, 1.807) is 6.07 Å². The largest absolute Gasteiger partial charge is 0.474 e. The molecule has 0 saturated carbocycles. The van der Waals surface area contributed by atoms with Crippen molar-refractivity contribution in [2.75, 3.05) is 19.8 Å². The van der Waals surface area contributed by atoms with Gasteiger partial charge in [-0.1, -0.05) is 0 Å². The van der Waals surface area contributed by atoms with E-state index in [0.29, 0.717) is 25.7 Å². The van der Waals surface area contributed by atoms with Crippen LogP contribution in [0.15, 0.2) is 12.1 Å². The fraction of sp³-hybridized carbons (Fsp3) is 0.556. The molecule has 0 saturated heterocycles. The van der Waals surface area contributed by atoms with Gasteiger partial charge in [0.1, 0.15) is 6.61 Å². The molecule has 0 aliphatic carbocycles. The van der Waals surface area contributed by atoms with Gasteiger partial charge in [-0.05, 0) is 19.9 Å². The normalized spacial score (nSPS) is 10.0. The van der Waals surface area contributed by atoms with Crippen LogP contribution in [0.5, 0.6) is 5.88 Å². The highest BCUT2D eigenvalue weighted by Gasteiger charge is 1.94. The molecule has 0 aromatic carbocycles. The van der Waals surface area contributed by atoms with Crippen LogP contribution in [0.3, 0.4) is 0 Å². The Morgan fingerprint density at radius 1 is 1.23 bits per heavy atom. The highest BCUT2D eigenvalue weighted by Crippen LogP contribution is 2.03. The molecular weight excluding hydrogens is 168 g/mol. The zero-order valence-corrected chi connectivity index (χ0v) is 7.99. The van der Waals surface area contributed by atoms with Gasteiger partial charge in [-0.2, -0.15) is 5.10 Å². The molecule has 0 atom stereocenters. The molecule has 1 aromatic heterocycles. The van der Waals surface area contributed by atoms with Gasteiger partial charge in [-0.15, -0.1) is 5.10 Å². The standard InChI is InChI=1S/C9H14N2O2/c1-3-12-6-7-13-9-5-4-8(2)10-11-9/h4-5H,3,6-7H2,1-2H3. The Kier molecular flexibility index (Phi) is 4.18. The maximum Gasteiger partial charge on any atom is 0.233 e. The monoisotopic (exact) mass is 182 g/mol. The smallest absolute Gasteiger partial charge is 0.233 e. The Labute approximate surface area is 77.9 Å². The summed E-state index contributed by atoms with van der Waals surface area (Å²) >= 11 is 0. The molecule has 0 bridgehead atoms. The molecule has 0 fully saturated rings. The summed E-state index contributed by atoms with van der Waals surface area (Å²) in [4.78, 5) is 0. The molecule has 0 aliphatic heterocycles. The Balaban J connectivity index is 2.25. The molecule has 1 heterocycles. The number of ether oxygens (including phenoxy) is 2. The van der Waals surface area contributed by atoms with E-state index in [2.05, 4.69) is 10.2 Å². The van der Waals surface area contributed by atoms with E-state index in [1.165, 1.54) is 0 Å². The minimum Gasteiger partial charge on any atom is -0.474 e. The van der Waals surface area contributed by atoms with Crippen LogP contribution in [0.2, 0.25) is 0 Å². The van der Waals surface area contributed by atoms with Gasteiger partial charge in [0, 0.05) is 12.7 Å². The molecule has 13 heavy (non-hydrogen) atoms. The molecule has 72 valence electrons. The van der Waals surface area contributed by atoms with E-state index in [-0.39, 0.29) is 0 Å². The maximum absolute atomic E-state index is 5.26. The van der Waals surface area contributed by atoms with Crippen molar-refractivity contribution in [1.82, 2.24) is 10.2 Å². The van der Waals surface area contributed by atoms with Crippen LogP contribution in [0, 0.1) is 6.92 Å². The molecular formula is C9H14N2O2. The van der Waals surface area contributed by atoms with Gasteiger partial charge in [0.05, 0.1) is 12.3 Å². The van der Waals surface area contributed by atoms with E-state index in [1.807, 2.05) is 19.9 Å². The third-order valence-corrected chi connectivity index (χ3v) is 1.46. The van der Waals surface area contributed by atoms with Crippen molar-refractivity contribution < 1.29 is 9.47 Å². The summed E-state index contributed by atoms with van der Waals surface area (Å²) in [7, 11) is 0. The number of aryl methyl sites for hydroxylation is 1. The molecule has 4 nitrogen and oxygen atoms in total. The minimum atomic E-state index is 0.519. The Bertz CT molecular complexity index is 236. The van der Waals surface area contributed by atoms with Crippen molar-refractivity contribution in [3.8, 4) is 5.88 Å². The predicted molar refractivity (Wildman–Crippen MR) is 48.8 cm³/mol. The zero-order valence-electron chi connectivity index (χ0n) is 7.99. The van der Waals surface area contributed by atoms with Crippen molar-refractivity contribution in [2.24, 2.45) is 0 Å². The van der Waals surface area contributed by atoms with E-state index in [9.17, 15) is 0 Å². The topological polar surface area (TPSA) is 44.2 Å². The highest BCUT2D eigenvalue weighted by molar-refractivity contribution is 5.09. The summed E-state index contributed by atoms with van der Waals surface area (Å²) in [6.07, 6.45) is 0. The van der Waals surface area contributed by atoms with E-state index >= 15 is 0 Å². The average molecular weight is 182 g/mol. The lowest BCUT2D eigenvalue weighted by Crippen LogP contribution is -2.07. The van der Waals surface area contributed by atoms with Gasteiger partial charge in [-0.3, -0.25) is 0 Å². The molecule has 0 amide bonds. The first-order chi connectivity index (χ1) is 6.33.